The summed E-state index contributed by atoms with van der Waals surface area (Å²) in [4.78, 5) is 23.2. The van der Waals surface area contributed by atoms with Gasteiger partial charge in [-0.15, -0.1) is 0 Å². The molecule has 7 heteroatoms. The normalized spacial score (nSPS) is 27.6. The van der Waals surface area contributed by atoms with Crippen LogP contribution in [0.25, 0.3) is 0 Å². The van der Waals surface area contributed by atoms with Gasteiger partial charge in [-0.1, -0.05) is 38.1 Å². The highest BCUT2D eigenvalue weighted by Gasteiger charge is 2.65. The Morgan fingerprint density at radius 3 is 2.40 bits per heavy atom. The van der Waals surface area contributed by atoms with Gasteiger partial charge < -0.3 is 9.90 Å². The maximum absolute atomic E-state index is 12.6. The van der Waals surface area contributed by atoms with Crippen LogP contribution in [0.5, 0.6) is 0 Å². The van der Waals surface area contributed by atoms with Crippen LogP contribution in [0.2, 0.25) is 0 Å². The Hall–Kier alpha value is -1.73. The molecule has 2 aliphatic rings. The topological polar surface area (TPSA) is 103 Å². The van der Waals surface area contributed by atoms with Gasteiger partial charge in [-0.2, -0.15) is 0 Å². The van der Waals surface area contributed by atoms with Crippen LogP contribution in [0, 0.1) is 16.7 Å². The van der Waals surface area contributed by atoms with Crippen molar-refractivity contribution in [1.82, 2.24) is 4.72 Å². The van der Waals surface area contributed by atoms with Crippen molar-refractivity contribution in [2.24, 2.45) is 16.7 Å². The molecule has 1 N–H and O–H groups in total. The van der Waals surface area contributed by atoms with Gasteiger partial charge in [0.15, 0.2) is 0 Å². The first-order chi connectivity index (χ1) is 11.6. The molecule has 136 valence electrons. The van der Waals surface area contributed by atoms with Gasteiger partial charge >= 0.3 is 0 Å². The Balaban J connectivity index is 1.70. The highest BCUT2D eigenvalue weighted by Crippen LogP contribution is 2.64. The molecule has 0 amide bonds. The number of carbonyl (C=O) groups excluding carboxylic acids is 2. The summed E-state index contributed by atoms with van der Waals surface area (Å²) in [6, 6.07) is 5.84. The molecule has 2 fully saturated rings. The molecule has 2 bridgehead atoms. The van der Waals surface area contributed by atoms with Crippen LogP contribution < -0.4 is 9.83 Å². The van der Waals surface area contributed by atoms with E-state index in [-0.39, 0.29) is 35.0 Å². The Bertz CT molecular complexity index is 812. The van der Waals surface area contributed by atoms with Crippen molar-refractivity contribution in [2.45, 2.75) is 39.7 Å². The predicted molar refractivity (Wildman–Crippen MR) is 90.0 cm³/mol. The number of sulfonamides is 1. The fourth-order valence-corrected chi connectivity index (χ4v) is 6.25. The summed E-state index contributed by atoms with van der Waals surface area (Å²) in [6.45, 7) is 4.07. The van der Waals surface area contributed by atoms with Crippen LogP contribution in [-0.4, -0.2) is 25.9 Å². The van der Waals surface area contributed by atoms with Crippen molar-refractivity contribution in [3.05, 3.63) is 35.4 Å². The lowest BCUT2D eigenvalue weighted by atomic mass is 9.70. The fraction of sp³-hybridized carbons (Fsp3) is 0.556. The van der Waals surface area contributed by atoms with E-state index < -0.39 is 21.4 Å². The van der Waals surface area contributed by atoms with Gasteiger partial charge in [0, 0.05) is 18.4 Å². The highest BCUT2D eigenvalue weighted by molar-refractivity contribution is 7.89. The first-order valence-electron chi connectivity index (χ1n) is 8.38. The van der Waals surface area contributed by atoms with Gasteiger partial charge in [-0.25, -0.2) is 13.1 Å². The standard InChI is InChI=1S/C18H23NO5S/c1-17(2)14-7-8-18(17,15(20)9-14)11-25(23,24)19-10-12-3-5-13(6-4-12)16(21)22/h3-6,14,19H,7-11H2,1-2H3,(H,21,22)/p-1/t14-,18-/m0/s1. The summed E-state index contributed by atoms with van der Waals surface area (Å²) in [6.07, 6.45) is 2.01. The first-order valence-corrected chi connectivity index (χ1v) is 10.0. The molecule has 6 nitrogen and oxygen atoms in total. The number of carboxylic acid groups (broad SMARTS) is 1. The second kappa shape index (κ2) is 5.92. The van der Waals surface area contributed by atoms with Crippen LogP contribution in [-0.2, 0) is 21.4 Å². The Morgan fingerprint density at radius 2 is 1.92 bits per heavy atom. The van der Waals surface area contributed by atoms with E-state index in [4.69, 9.17) is 0 Å². The third kappa shape index (κ3) is 3.00. The van der Waals surface area contributed by atoms with Crippen molar-refractivity contribution in [2.75, 3.05) is 5.75 Å². The van der Waals surface area contributed by atoms with E-state index >= 15 is 0 Å². The number of carbonyl (C=O) groups is 2. The van der Waals surface area contributed by atoms with Crippen molar-refractivity contribution in [3.8, 4) is 0 Å². The number of benzene rings is 1. The van der Waals surface area contributed by atoms with Crippen LogP contribution in [0.15, 0.2) is 24.3 Å². The van der Waals surface area contributed by atoms with E-state index in [0.717, 1.165) is 6.42 Å². The van der Waals surface area contributed by atoms with Crippen molar-refractivity contribution in [3.63, 3.8) is 0 Å². The minimum absolute atomic E-state index is 0.0424. The monoisotopic (exact) mass is 364 g/mol. The summed E-state index contributed by atoms with van der Waals surface area (Å²) in [7, 11) is -3.64. The third-order valence-electron chi connectivity index (χ3n) is 6.26. The smallest absolute Gasteiger partial charge is 0.212 e. The van der Waals surface area contributed by atoms with E-state index in [1.807, 2.05) is 13.8 Å². The number of nitrogens with one attached hydrogen (secondary N) is 1. The highest BCUT2D eigenvalue weighted by atomic mass is 32.2. The number of hydrogen-bond donors (Lipinski definition) is 1. The Morgan fingerprint density at radius 1 is 1.28 bits per heavy atom. The molecule has 0 radical (unpaired) electrons. The molecule has 2 aliphatic carbocycles. The van der Waals surface area contributed by atoms with Gasteiger partial charge in [0.2, 0.25) is 10.0 Å². The van der Waals surface area contributed by atoms with Gasteiger partial charge in [-0.3, -0.25) is 4.79 Å². The molecule has 3 rings (SSSR count). The second-order valence-electron chi connectivity index (χ2n) is 7.73. The molecule has 0 heterocycles. The lowest BCUT2D eigenvalue weighted by molar-refractivity contribution is -0.255. The first kappa shape index (κ1) is 18.1. The molecule has 1 aromatic rings. The minimum Gasteiger partial charge on any atom is -0.545 e. The number of fused-ring (bicyclic) bond motifs is 2. The second-order valence-corrected chi connectivity index (χ2v) is 9.54. The van der Waals surface area contributed by atoms with E-state index in [0.29, 0.717) is 18.4 Å². The molecule has 2 saturated carbocycles. The molecule has 25 heavy (non-hydrogen) atoms. The molecule has 2 atom stereocenters. The lowest BCUT2D eigenvalue weighted by Crippen LogP contribution is -2.45. The Labute approximate surface area is 147 Å². The van der Waals surface area contributed by atoms with E-state index in [1.165, 1.54) is 12.1 Å². The zero-order valence-corrected chi connectivity index (χ0v) is 15.2. The lowest BCUT2D eigenvalue weighted by Gasteiger charge is -2.36. The molecule has 0 spiro atoms. The van der Waals surface area contributed by atoms with Crippen molar-refractivity contribution < 1.29 is 23.1 Å². The summed E-state index contributed by atoms with van der Waals surface area (Å²) in [5, 5.41) is 10.7. The summed E-state index contributed by atoms with van der Waals surface area (Å²) in [5.74, 6) is -1.12. The van der Waals surface area contributed by atoms with Crippen molar-refractivity contribution >= 4 is 21.8 Å². The summed E-state index contributed by atoms with van der Waals surface area (Å²) >= 11 is 0. The third-order valence-corrected chi connectivity index (χ3v) is 7.72. The maximum atomic E-state index is 12.6. The Kier molecular flexibility index (Phi) is 4.28. The quantitative estimate of drug-likeness (QED) is 0.806. The zero-order chi connectivity index (χ0) is 18.5. The molecular weight excluding hydrogens is 342 g/mol. The van der Waals surface area contributed by atoms with E-state index in [1.54, 1.807) is 12.1 Å². The largest absolute Gasteiger partial charge is 0.545 e. The van der Waals surface area contributed by atoms with E-state index in [2.05, 4.69) is 4.72 Å². The summed E-state index contributed by atoms with van der Waals surface area (Å²) < 4.78 is 27.7. The van der Waals surface area contributed by atoms with Gasteiger partial charge in [0.25, 0.3) is 0 Å². The molecular formula is C18H22NO5S-. The number of Topliss-reactive ketones (excluding diaryl/α,β-unsaturated/α-hetero) is 1. The van der Waals surface area contributed by atoms with Gasteiger partial charge in [0.1, 0.15) is 5.78 Å². The molecule has 0 unspecified atom stereocenters. The molecule has 0 saturated heterocycles. The predicted octanol–water partition coefficient (Wildman–Crippen LogP) is 0.865. The minimum atomic E-state index is -3.64. The van der Waals surface area contributed by atoms with E-state index in [9.17, 15) is 23.1 Å². The molecule has 0 aromatic heterocycles. The molecule has 0 aliphatic heterocycles. The number of ketones is 1. The summed E-state index contributed by atoms with van der Waals surface area (Å²) in [5.41, 5.74) is -0.398. The molecule has 1 aromatic carbocycles. The van der Waals surface area contributed by atoms with Crippen LogP contribution in [0.4, 0.5) is 0 Å². The van der Waals surface area contributed by atoms with Crippen LogP contribution >= 0.6 is 0 Å². The van der Waals surface area contributed by atoms with Crippen LogP contribution in [0.3, 0.4) is 0 Å². The number of carboxylic acids is 1. The van der Waals surface area contributed by atoms with Crippen LogP contribution in [0.1, 0.15) is 49.0 Å². The average Bonchev–Trinajstić information content (AvgIpc) is 2.87. The maximum Gasteiger partial charge on any atom is 0.212 e. The van der Waals surface area contributed by atoms with Gasteiger partial charge in [-0.05, 0) is 35.3 Å². The SMILES string of the molecule is CC1(C)[C@H]2CC[C@]1(CS(=O)(=O)NCc1ccc(C(=O)[O-])cc1)C(=O)C2. The van der Waals surface area contributed by atoms with Crippen molar-refractivity contribution in [1.29, 1.82) is 0 Å². The zero-order valence-electron chi connectivity index (χ0n) is 14.4. The average molecular weight is 364 g/mol. The number of rotatable bonds is 6. The fourth-order valence-electron chi connectivity index (χ4n) is 4.44. The number of aromatic carboxylic acids is 1. The number of hydrogen-bond acceptors (Lipinski definition) is 5. The van der Waals surface area contributed by atoms with Gasteiger partial charge in [0.05, 0.1) is 11.7 Å².